The van der Waals surface area contributed by atoms with Crippen molar-refractivity contribution in [2.75, 3.05) is 26.2 Å². The predicted molar refractivity (Wildman–Crippen MR) is 77.7 cm³/mol. The minimum absolute atomic E-state index is 0.186. The number of carboxylic acid groups (broad SMARTS) is 1. The summed E-state index contributed by atoms with van der Waals surface area (Å²) < 4.78 is 11.4. The molecule has 1 aromatic carbocycles. The minimum Gasteiger partial charge on any atom is -0.488 e. The molecule has 1 fully saturated rings. The SMILES string of the molecule is Cc1ccc2c(c1)CC(CN1CC(C)(OCC(=O)O)C1)O2. The van der Waals surface area contributed by atoms with Crippen LogP contribution in [0.3, 0.4) is 0 Å². The molecule has 0 bridgehead atoms. The number of rotatable bonds is 5. The summed E-state index contributed by atoms with van der Waals surface area (Å²) in [6.45, 7) is 6.20. The third kappa shape index (κ3) is 3.19. The number of likely N-dealkylation sites (tertiary alicyclic amines) is 1. The number of aliphatic carboxylic acids is 1. The molecule has 21 heavy (non-hydrogen) atoms. The third-order valence-corrected chi connectivity index (χ3v) is 4.08. The van der Waals surface area contributed by atoms with E-state index in [-0.39, 0.29) is 18.3 Å². The van der Waals surface area contributed by atoms with Gasteiger partial charge in [-0.3, -0.25) is 4.90 Å². The topological polar surface area (TPSA) is 59.0 Å². The lowest BCUT2D eigenvalue weighted by molar-refractivity contribution is -0.166. The van der Waals surface area contributed by atoms with Crippen molar-refractivity contribution in [3.05, 3.63) is 29.3 Å². The second-order valence-corrected chi connectivity index (χ2v) is 6.36. The summed E-state index contributed by atoms with van der Waals surface area (Å²) in [7, 11) is 0. The van der Waals surface area contributed by atoms with E-state index < -0.39 is 5.97 Å². The number of hydrogen-bond donors (Lipinski definition) is 1. The summed E-state index contributed by atoms with van der Waals surface area (Å²) >= 11 is 0. The van der Waals surface area contributed by atoms with Crippen LogP contribution in [0.1, 0.15) is 18.1 Å². The van der Waals surface area contributed by atoms with Crippen LogP contribution in [0.25, 0.3) is 0 Å². The van der Waals surface area contributed by atoms with Gasteiger partial charge in [0.05, 0.1) is 5.60 Å². The molecule has 2 aliphatic heterocycles. The van der Waals surface area contributed by atoms with Gasteiger partial charge in [-0.15, -0.1) is 0 Å². The fourth-order valence-electron chi connectivity index (χ4n) is 3.20. The highest BCUT2D eigenvalue weighted by molar-refractivity contribution is 5.68. The van der Waals surface area contributed by atoms with Gasteiger partial charge >= 0.3 is 5.97 Å². The Kier molecular flexibility index (Phi) is 3.63. The van der Waals surface area contributed by atoms with Crippen molar-refractivity contribution in [2.45, 2.75) is 32.0 Å². The van der Waals surface area contributed by atoms with Crippen molar-refractivity contribution in [1.29, 1.82) is 0 Å². The maximum Gasteiger partial charge on any atom is 0.329 e. The Morgan fingerprint density at radius 3 is 3.00 bits per heavy atom. The van der Waals surface area contributed by atoms with Crippen LogP contribution in [0, 0.1) is 6.92 Å². The Morgan fingerprint density at radius 1 is 1.52 bits per heavy atom. The third-order valence-electron chi connectivity index (χ3n) is 4.08. The van der Waals surface area contributed by atoms with Crippen LogP contribution in [-0.4, -0.2) is 53.9 Å². The number of carboxylic acids is 1. The zero-order valence-electron chi connectivity index (χ0n) is 12.5. The average Bonchev–Trinajstić information content (AvgIpc) is 2.76. The first-order chi connectivity index (χ1) is 9.93. The monoisotopic (exact) mass is 291 g/mol. The second-order valence-electron chi connectivity index (χ2n) is 6.36. The molecule has 2 heterocycles. The van der Waals surface area contributed by atoms with Gasteiger partial charge in [0.2, 0.25) is 0 Å². The Hall–Kier alpha value is -1.59. The molecular formula is C16H21NO4. The van der Waals surface area contributed by atoms with Gasteiger partial charge < -0.3 is 14.6 Å². The number of ether oxygens (including phenoxy) is 2. The molecular weight excluding hydrogens is 270 g/mol. The van der Waals surface area contributed by atoms with E-state index in [2.05, 4.69) is 24.0 Å². The van der Waals surface area contributed by atoms with Crippen LogP contribution < -0.4 is 4.74 Å². The lowest BCUT2D eigenvalue weighted by Crippen LogP contribution is -2.63. The van der Waals surface area contributed by atoms with Crippen LogP contribution in [0.5, 0.6) is 5.75 Å². The molecule has 1 aromatic rings. The Morgan fingerprint density at radius 2 is 2.29 bits per heavy atom. The molecule has 1 N–H and O–H groups in total. The van der Waals surface area contributed by atoms with E-state index in [1.54, 1.807) is 0 Å². The van der Waals surface area contributed by atoms with E-state index in [1.165, 1.54) is 11.1 Å². The maximum absolute atomic E-state index is 10.5. The van der Waals surface area contributed by atoms with Crippen molar-refractivity contribution in [1.82, 2.24) is 4.90 Å². The normalized spacial score (nSPS) is 23.2. The van der Waals surface area contributed by atoms with E-state index in [0.29, 0.717) is 0 Å². The molecule has 5 heteroatoms. The van der Waals surface area contributed by atoms with Gasteiger partial charge in [-0.1, -0.05) is 17.7 Å². The van der Waals surface area contributed by atoms with Gasteiger partial charge in [-0.25, -0.2) is 4.79 Å². The number of carbonyl (C=O) groups is 1. The highest BCUT2D eigenvalue weighted by Gasteiger charge is 2.41. The molecule has 1 unspecified atom stereocenters. The molecule has 1 atom stereocenters. The Balaban J connectivity index is 1.47. The molecule has 2 aliphatic rings. The molecule has 5 nitrogen and oxygen atoms in total. The highest BCUT2D eigenvalue weighted by Crippen LogP contribution is 2.32. The Labute approximate surface area is 124 Å². The van der Waals surface area contributed by atoms with Crippen LogP contribution in [0.2, 0.25) is 0 Å². The van der Waals surface area contributed by atoms with Crippen molar-refractivity contribution in [2.24, 2.45) is 0 Å². The van der Waals surface area contributed by atoms with E-state index in [1.807, 2.05) is 13.0 Å². The van der Waals surface area contributed by atoms with Gasteiger partial charge in [0, 0.05) is 26.1 Å². The summed E-state index contributed by atoms with van der Waals surface area (Å²) in [6, 6.07) is 6.30. The van der Waals surface area contributed by atoms with Gasteiger partial charge in [-0.2, -0.15) is 0 Å². The summed E-state index contributed by atoms with van der Waals surface area (Å²) in [5.74, 6) is 0.0793. The van der Waals surface area contributed by atoms with Crippen molar-refractivity contribution in [3.63, 3.8) is 0 Å². The molecule has 0 aliphatic carbocycles. The highest BCUT2D eigenvalue weighted by atomic mass is 16.5. The standard InChI is InChI=1S/C16H21NO4/c1-11-3-4-14-12(5-11)6-13(21-14)7-17-9-16(2,10-17)20-8-15(18)19/h3-5,13H,6-10H2,1-2H3,(H,18,19). The first-order valence-corrected chi connectivity index (χ1v) is 7.28. The van der Waals surface area contributed by atoms with Crippen LogP contribution in [-0.2, 0) is 16.0 Å². The molecule has 114 valence electrons. The fourth-order valence-corrected chi connectivity index (χ4v) is 3.20. The predicted octanol–water partition coefficient (Wildman–Crippen LogP) is 1.47. The van der Waals surface area contributed by atoms with E-state index in [0.717, 1.165) is 31.8 Å². The zero-order valence-corrected chi connectivity index (χ0v) is 12.5. The second kappa shape index (κ2) is 5.31. The van der Waals surface area contributed by atoms with Gasteiger partial charge in [0.1, 0.15) is 18.5 Å². The average molecular weight is 291 g/mol. The molecule has 1 saturated heterocycles. The largest absolute Gasteiger partial charge is 0.488 e. The van der Waals surface area contributed by atoms with Gasteiger partial charge in [0.25, 0.3) is 0 Å². The number of aryl methyl sites for hydroxylation is 1. The molecule has 0 amide bonds. The van der Waals surface area contributed by atoms with E-state index >= 15 is 0 Å². The maximum atomic E-state index is 10.5. The van der Waals surface area contributed by atoms with Crippen molar-refractivity contribution < 1.29 is 19.4 Å². The number of hydrogen-bond acceptors (Lipinski definition) is 4. The van der Waals surface area contributed by atoms with Crippen LogP contribution in [0.15, 0.2) is 18.2 Å². The molecule has 3 rings (SSSR count). The smallest absolute Gasteiger partial charge is 0.329 e. The summed E-state index contributed by atoms with van der Waals surface area (Å²) in [5, 5.41) is 8.66. The minimum atomic E-state index is -0.917. The summed E-state index contributed by atoms with van der Waals surface area (Å²) in [5.41, 5.74) is 2.21. The van der Waals surface area contributed by atoms with E-state index in [9.17, 15) is 4.79 Å². The first-order valence-electron chi connectivity index (χ1n) is 7.28. The molecule has 0 radical (unpaired) electrons. The lowest BCUT2D eigenvalue weighted by atomic mass is 9.95. The van der Waals surface area contributed by atoms with Gasteiger partial charge in [-0.05, 0) is 25.5 Å². The summed E-state index contributed by atoms with van der Waals surface area (Å²) in [4.78, 5) is 12.8. The number of fused-ring (bicyclic) bond motifs is 1. The van der Waals surface area contributed by atoms with Crippen LogP contribution >= 0.6 is 0 Å². The molecule has 0 saturated carbocycles. The molecule has 0 aromatic heterocycles. The number of nitrogens with zero attached hydrogens (tertiary/aromatic N) is 1. The first kappa shape index (κ1) is 14.4. The van der Waals surface area contributed by atoms with Crippen LogP contribution in [0.4, 0.5) is 0 Å². The van der Waals surface area contributed by atoms with E-state index in [4.69, 9.17) is 14.6 Å². The fraction of sp³-hybridized carbons (Fsp3) is 0.562. The zero-order chi connectivity index (χ0) is 15.0. The summed E-state index contributed by atoms with van der Waals surface area (Å²) in [6.07, 6.45) is 1.13. The quantitative estimate of drug-likeness (QED) is 0.890. The molecule has 0 spiro atoms. The van der Waals surface area contributed by atoms with Crippen molar-refractivity contribution in [3.8, 4) is 5.75 Å². The lowest BCUT2D eigenvalue weighted by Gasteiger charge is -2.47. The van der Waals surface area contributed by atoms with Crippen molar-refractivity contribution >= 4 is 5.97 Å². The number of benzene rings is 1. The Bertz CT molecular complexity index is 551. The van der Waals surface area contributed by atoms with Gasteiger partial charge in [0.15, 0.2) is 0 Å².